The number of nitrogens with one attached hydrogen (secondary N) is 1. The number of phenolic OH excluding ortho intramolecular Hbond substituents is 1. The third-order valence-electron chi connectivity index (χ3n) is 4.32. The Bertz CT molecular complexity index is 1130. The van der Waals surface area contributed by atoms with E-state index in [2.05, 4.69) is 16.1 Å². The van der Waals surface area contributed by atoms with Crippen LogP contribution in [0, 0.1) is 11.3 Å². The number of para-hydroxylation sites is 1. The summed E-state index contributed by atoms with van der Waals surface area (Å²) in [6.07, 6.45) is 0. The number of hydrogen-bond donors (Lipinski definition) is 2. The van der Waals surface area contributed by atoms with Crippen molar-refractivity contribution < 1.29 is 24.2 Å². The third-order valence-corrected chi connectivity index (χ3v) is 4.32. The first-order chi connectivity index (χ1) is 14.5. The molecule has 0 saturated heterocycles. The Hall–Kier alpha value is -4.31. The number of nitrogens with zero attached hydrogens (tertiary/aromatic N) is 1. The van der Waals surface area contributed by atoms with Crippen LogP contribution in [0.25, 0.3) is 0 Å². The van der Waals surface area contributed by atoms with Crippen LogP contribution in [0.4, 0.5) is 5.69 Å². The second-order valence-electron chi connectivity index (χ2n) is 6.23. The lowest BCUT2D eigenvalue weighted by atomic mass is 10.1. The number of anilines is 1. The fourth-order valence-electron chi connectivity index (χ4n) is 2.76. The molecule has 0 atom stereocenters. The Morgan fingerprint density at radius 2 is 1.83 bits per heavy atom. The van der Waals surface area contributed by atoms with Gasteiger partial charge in [-0.2, -0.15) is 5.26 Å². The molecule has 2 N–H and O–H groups in total. The first-order valence-electron chi connectivity index (χ1n) is 8.96. The van der Waals surface area contributed by atoms with Crippen molar-refractivity contribution in [3.05, 3.63) is 89.0 Å². The van der Waals surface area contributed by atoms with E-state index in [0.717, 1.165) is 5.56 Å². The van der Waals surface area contributed by atoms with Gasteiger partial charge in [0.1, 0.15) is 17.9 Å². The largest absolute Gasteiger partial charge is 0.505 e. The highest BCUT2D eigenvalue weighted by molar-refractivity contribution is 6.06. The lowest BCUT2D eigenvalue weighted by Crippen LogP contribution is -2.13. The first kappa shape index (κ1) is 20.4. The average Bonchev–Trinajstić information content (AvgIpc) is 2.78. The van der Waals surface area contributed by atoms with Crippen molar-refractivity contribution in [1.82, 2.24) is 0 Å². The molecule has 0 fully saturated rings. The SMILES string of the molecule is COC(=O)c1cccc(NC(=O)c2cccc(OCc3ccccc3C#N)c2)c1O. The van der Waals surface area contributed by atoms with E-state index in [-0.39, 0.29) is 23.6 Å². The van der Waals surface area contributed by atoms with Crippen molar-refractivity contribution in [2.75, 3.05) is 12.4 Å². The fraction of sp³-hybridized carbons (Fsp3) is 0.0870. The van der Waals surface area contributed by atoms with Gasteiger partial charge in [0.25, 0.3) is 5.91 Å². The van der Waals surface area contributed by atoms with E-state index in [0.29, 0.717) is 16.9 Å². The number of methoxy groups -OCH3 is 1. The highest BCUT2D eigenvalue weighted by Crippen LogP contribution is 2.28. The molecule has 0 radical (unpaired) electrons. The van der Waals surface area contributed by atoms with Gasteiger partial charge in [-0.15, -0.1) is 0 Å². The first-order valence-corrected chi connectivity index (χ1v) is 8.96. The van der Waals surface area contributed by atoms with Crippen LogP contribution in [-0.4, -0.2) is 24.1 Å². The van der Waals surface area contributed by atoms with Crippen LogP contribution in [0.15, 0.2) is 66.7 Å². The predicted octanol–water partition coefficient (Wildman–Crippen LogP) is 3.88. The van der Waals surface area contributed by atoms with Gasteiger partial charge in [0.15, 0.2) is 5.75 Å². The lowest BCUT2D eigenvalue weighted by molar-refractivity contribution is 0.0597. The van der Waals surface area contributed by atoms with Gasteiger partial charge in [0, 0.05) is 11.1 Å². The molecule has 0 aromatic heterocycles. The summed E-state index contributed by atoms with van der Waals surface area (Å²) >= 11 is 0. The number of ether oxygens (including phenoxy) is 2. The van der Waals surface area contributed by atoms with Crippen LogP contribution >= 0.6 is 0 Å². The van der Waals surface area contributed by atoms with Gasteiger partial charge in [-0.05, 0) is 36.4 Å². The maximum absolute atomic E-state index is 12.6. The Morgan fingerprint density at radius 1 is 1.07 bits per heavy atom. The number of carbonyl (C=O) groups excluding carboxylic acids is 2. The minimum Gasteiger partial charge on any atom is -0.505 e. The molecule has 0 saturated carbocycles. The van der Waals surface area contributed by atoms with Crippen molar-refractivity contribution in [2.45, 2.75) is 6.61 Å². The van der Waals surface area contributed by atoms with Gasteiger partial charge in [-0.25, -0.2) is 4.79 Å². The smallest absolute Gasteiger partial charge is 0.341 e. The van der Waals surface area contributed by atoms with Crippen molar-refractivity contribution in [3.8, 4) is 17.6 Å². The predicted molar refractivity (Wildman–Crippen MR) is 109 cm³/mol. The van der Waals surface area contributed by atoms with Gasteiger partial charge in [-0.1, -0.05) is 30.3 Å². The minimum absolute atomic E-state index is 0.0523. The monoisotopic (exact) mass is 402 g/mol. The number of nitriles is 1. The normalized spacial score (nSPS) is 10.0. The summed E-state index contributed by atoms with van der Waals surface area (Å²) in [5.74, 6) is -1.13. The van der Waals surface area contributed by atoms with Gasteiger partial charge in [0.2, 0.25) is 0 Å². The van der Waals surface area contributed by atoms with E-state index in [9.17, 15) is 14.7 Å². The topological polar surface area (TPSA) is 109 Å². The highest BCUT2D eigenvalue weighted by Gasteiger charge is 2.17. The van der Waals surface area contributed by atoms with Crippen molar-refractivity contribution in [1.29, 1.82) is 5.26 Å². The zero-order valence-corrected chi connectivity index (χ0v) is 16.1. The van der Waals surface area contributed by atoms with Gasteiger partial charge in [0.05, 0.1) is 24.4 Å². The summed E-state index contributed by atoms with van der Waals surface area (Å²) in [7, 11) is 1.20. The number of esters is 1. The summed E-state index contributed by atoms with van der Waals surface area (Å²) in [6.45, 7) is 0.177. The van der Waals surface area contributed by atoms with Crippen LogP contribution in [0.2, 0.25) is 0 Å². The Labute approximate surface area is 173 Å². The van der Waals surface area contributed by atoms with E-state index in [1.165, 1.54) is 25.3 Å². The van der Waals surface area contributed by atoms with Crippen molar-refractivity contribution in [3.63, 3.8) is 0 Å². The standard InChI is InChI=1S/C23H18N2O5/c1-29-23(28)19-10-5-11-20(21(19)26)25-22(27)15-8-4-9-18(12-15)30-14-17-7-3-2-6-16(17)13-24/h2-12,26H,14H2,1H3,(H,25,27). The average molecular weight is 402 g/mol. The van der Waals surface area contributed by atoms with E-state index in [1.54, 1.807) is 42.5 Å². The van der Waals surface area contributed by atoms with E-state index < -0.39 is 11.9 Å². The number of benzene rings is 3. The fourth-order valence-corrected chi connectivity index (χ4v) is 2.76. The second-order valence-corrected chi connectivity index (χ2v) is 6.23. The zero-order valence-electron chi connectivity index (χ0n) is 16.1. The van der Waals surface area contributed by atoms with Gasteiger partial charge < -0.3 is 19.9 Å². The molecule has 0 spiro atoms. The molecule has 0 aliphatic rings. The second kappa shape index (κ2) is 9.26. The van der Waals surface area contributed by atoms with E-state index in [4.69, 9.17) is 10.00 Å². The number of rotatable bonds is 6. The number of carbonyl (C=O) groups is 2. The van der Waals surface area contributed by atoms with Crippen LogP contribution in [0.3, 0.4) is 0 Å². The lowest BCUT2D eigenvalue weighted by Gasteiger charge is -2.11. The summed E-state index contributed by atoms with van der Waals surface area (Å²) in [5, 5.41) is 22.0. The molecule has 7 nitrogen and oxygen atoms in total. The summed E-state index contributed by atoms with van der Waals surface area (Å²) in [6, 6.07) is 20.1. The molecule has 0 unspecified atom stereocenters. The van der Waals surface area contributed by atoms with E-state index >= 15 is 0 Å². The maximum atomic E-state index is 12.6. The molecular formula is C23H18N2O5. The molecule has 3 aromatic rings. The molecule has 0 aliphatic carbocycles. The zero-order chi connectivity index (χ0) is 21.5. The molecule has 1 amide bonds. The van der Waals surface area contributed by atoms with Crippen LogP contribution in [-0.2, 0) is 11.3 Å². The molecule has 3 aromatic carbocycles. The van der Waals surface area contributed by atoms with E-state index in [1.807, 2.05) is 6.07 Å². The summed E-state index contributed by atoms with van der Waals surface area (Å²) in [4.78, 5) is 24.3. The van der Waals surface area contributed by atoms with Crippen LogP contribution in [0.1, 0.15) is 31.8 Å². The quantitative estimate of drug-likeness (QED) is 0.478. The number of hydrogen-bond acceptors (Lipinski definition) is 6. The van der Waals surface area contributed by atoms with Gasteiger partial charge >= 0.3 is 5.97 Å². The number of amides is 1. The molecule has 150 valence electrons. The number of phenols is 1. The Morgan fingerprint density at radius 3 is 2.60 bits per heavy atom. The number of aromatic hydroxyl groups is 1. The molecule has 0 heterocycles. The third kappa shape index (κ3) is 4.56. The minimum atomic E-state index is -0.711. The Kier molecular flexibility index (Phi) is 6.30. The van der Waals surface area contributed by atoms with Crippen LogP contribution < -0.4 is 10.1 Å². The van der Waals surface area contributed by atoms with Crippen molar-refractivity contribution >= 4 is 17.6 Å². The molecule has 3 rings (SSSR count). The Balaban J connectivity index is 1.74. The summed E-state index contributed by atoms with van der Waals surface area (Å²) < 4.78 is 10.3. The molecule has 0 aliphatic heterocycles. The van der Waals surface area contributed by atoms with Crippen molar-refractivity contribution in [2.24, 2.45) is 0 Å². The highest BCUT2D eigenvalue weighted by atomic mass is 16.5. The summed E-state index contributed by atoms with van der Waals surface area (Å²) in [5.41, 5.74) is 1.58. The maximum Gasteiger partial charge on any atom is 0.341 e. The molecule has 30 heavy (non-hydrogen) atoms. The van der Waals surface area contributed by atoms with Gasteiger partial charge in [-0.3, -0.25) is 4.79 Å². The molecule has 7 heteroatoms. The molecular weight excluding hydrogens is 384 g/mol. The van der Waals surface area contributed by atoms with Crippen LogP contribution in [0.5, 0.6) is 11.5 Å². The molecule has 0 bridgehead atoms.